The van der Waals surface area contributed by atoms with Crippen LogP contribution < -0.4 is 26.1 Å². The van der Waals surface area contributed by atoms with E-state index in [-0.39, 0.29) is 42.7 Å². The number of aryl methyl sites for hydroxylation is 3. The fraction of sp³-hybridized carbons (Fsp3) is 0.194. The second-order valence-corrected chi connectivity index (χ2v) is 11.9. The summed E-state index contributed by atoms with van der Waals surface area (Å²) in [5, 5.41) is 5.79. The Bertz CT molecular complexity index is 2470. The van der Waals surface area contributed by atoms with E-state index in [0.717, 1.165) is 22.4 Å². The highest BCUT2D eigenvalue weighted by Gasteiger charge is 2.27. The first kappa shape index (κ1) is 31.8. The number of hydrogen-bond donors (Lipinski definition) is 2. The van der Waals surface area contributed by atoms with E-state index in [1.165, 1.54) is 11.2 Å². The predicted molar refractivity (Wildman–Crippen MR) is 187 cm³/mol. The third kappa shape index (κ3) is 5.81. The predicted octanol–water partition coefficient (Wildman–Crippen LogP) is 3.78. The van der Waals surface area contributed by atoms with E-state index in [0.29, 0.717) is 39.2 Å². The van der Waals surface area contributed by atoms with Gasteiger partial charge < -0.3 is 14.6 Å². The molecular weight excluding hydrogens is 638 g/mol. The van der Waals surface area contributed by atoms with Crippen LogP contribution in [-0.4, -0.2) is 62.1 Å². The molecule has 0 saturated carbocycles. The van der Waals surface area contributed by atoms with E-state index < -0.39 is 6.03 Å². The van der Waals surface area contributed by atoms with Gasteiger partial charge in [-0.1, -0.05) is 11.8 Å². The van der Waals surface area contributed by atoms with Crippen LogP contribution in [-0.2, 0) is 18.9 Å². The number of carbonyl (C=O) groups excluding carboxylic acids is 3. The maximum atomic E-state index is 12.9. The van der Waals surface area contributed by atoms with Gasteiger partial charge in [-0.2, -0.15) is 0 Å². The number of fused-ring (bicyclic) bond motifs is 2. The second-order valence-electron chi connectivity index (χ2n) is 11.9. The lowest BCUT2D eigenvalue weighted by Gasteiger charge is -2.25. The summed E-state index contributed by atoms with van der Waals surface area (Å²) in [5.74, 6) is 5.76. The van der Waals surface area contributed by atoms with Gasteiger partial charge in [-0.05, 0) is 55.0 Å². The molecular formula is C36H31N9O5. The zero-order chi connectivity index (χ0) is 35.1. The number of amides is 4. The molecule has 1 aliphatic rings. The first-order chi connectivity index (χ1) is 24.1. The van der Waals surface area contributed by atoms with Gasteiger partial charge in [0.25, 0.3) is 5.91 Å². The molecule has 4 aromatic heterocycles. The van der Waals surface area contributed by atoms with Gasteiger partial charge in [0.05, 0.1) is 41.3 Å². The van der Waals surface area contributed by atoms with E-state index in [4.69, 9.17) is 4.42 Å². The molecule has 6 aromatic rings. The maximum Gasteiger partial charge on any atom is 0.328 e. The average Bonchev–Trinajstić information content (AvgIpc) is 3.63. The Labute approximate surface area is 285 Å². The monoisotopic (exact) mass is 669 g/mol. The largest absolute Gasteiger partial charge is 0.462 e. The van der Waals surface area contributed by atoms with Crippen LogP contribution in [0.3, 0.4) is 0 Å². The van der Waals surface area contributed by atoms with Crippen molar-refractivity contribution in [1.29, 1.82) is 0 Å². The summed E-state index contributed by atoms with van der Waals surface area (Å²) in [6.45, 7) is 2.13. The van der Waals surface area contributed by atoms with Crippen LogP contribution in [0.25, 0.3) is 33.4 Å². The fourth-order valence-electron chi connectivity index (χ4n) is 5.88. The lowest BCUT2D eigenvalue weighted by atomic mass is 10.1. The molecule has 7 rings (SSSR count). The summed E-state index contributed by atoms with van der Waals surface area (Å²) in [5.41, 5.74) is 6.61. The summed E-state index contributed by atoms with van der Waals surface area (Å²) in [7, 11) is 5.40. The van der Waals surface area contributed by atoms with Crippen molar-refractivity contribution in [3.63, 3.8) is 0 Å². The fourth-order valence-corrected chi connectivity index (χ4v) is 5.88. The van der Waals surface area contributed by atoms with E-state index >= 15 is 0 Å². The first-order valence-electron chi connectivity index (χ1n) is 15.7. The third-order valence-corrected chi connectivity index (χ3v) is 8.69. The minimum atomic E-state index is -0.498. The Morgan fingerprint density at radius 3 is 2.52 bits per heavy atom. The summed E-state index contributed by atoms with van der Waals surface area (Å²) in [6.07, 6.45) is 6.67. The molecule has 0 radical (unpaired) electrons. The molecule has 5 heterocycles. The molecule has 1 aliphatic heterocycles. The number of urea groups is 1. The Morgan fingerprint density at radius 2 is 1.76 bits per heavy atom. The molecule has 2 aromatic carbocycles. The van der Waals surface area contributed by atoms with Crippen LogP contribution in [0, 0.1) is 18.8 Å². The number of aromatic nitrogens is 5. The summed E-state index contributed by atoms with van der Waals surface area (Å²) < 4.78 is 8.83. The number of nitrogens with one attached hydrogen (secondary N) is 2. The molecule has 0 unspecified atom stereocenters. The Hall–Kier alpha value is -6.75. The molecule has 1 saturated heterocycles. The van der Waals surface area contributed by atoms with Crippen molar-refractivity contribution in [2.24, 2.45) is 14.1 Å². The van der Waals surface area contributed by atoms with E-state index in [9.17, 15) is 19.2 Å². The second kappa shape index (κ2) is 12.7. The molecule has 14 heteroatoms. The topological polar surface area (TPSA) is 160 Å². The summed E-state index contributed by atoms with van der Waals surface area (Å²) >= 11 is 0. The van der Waals surface area contributed by atoms with Crippen LogP contribution in [0.5, 0.6) is 0 Å². The molecule has 250 valence electrons. The van der Waals surface area contributed by atoms with Crippen LogP contribution in [0.15, 0.2) is 76.5 Å². The zero-order valence-electron chi connectivity index (χ0n) is 27.6. The minimum absolute atomic E-state index is 0.0836. The van der Waals surface area contributed by atoms with Crippen molar-refractivity contribution >= 4 is 56.9 Å². The number of imidazole rings is 1. The number of benzene rings is 2. The van der Waals surface area contributed by atoms with Crippen LogP contribution in [0.2, 0.25) is 0 Å². The number of nitrogens with zero attached hydrogens (tertiary/aromatic N) is 7. The van der Waals surface area contributed by atoms with Gasteiger partial charge in [-0.25, -0.2) is 19.6 Å². The number of pyridine rings is 1. The Balaban J connectivity index is 0.994. The first-order valence-corrected chi connectivity index (χ1v) is 15.7. The molecule has 0 aliphatic carbocycles. The van der Waals surface area contributed by atoms with Gasteiger partial charge in [0.2, 0.25) is 5.91 Å². The molecule has 0 atom stereocenters. The number of anilines is 3. The molecule has 14 nitrogen and oxygen atoms in total. The highest BCUT2D eigenvalue weighted by Crippen LogP contribution is 2.31. The lowest BCUT2D eigenvalue weighted by molar-refractivity contribution is -0.120. The number of imide groups is 1. The van der Waals surface area contributed by atoms with Crippen molar-refractivity contribution in [2.75, 3.05) is 29.9 Å². The Kier molecular flexibility index (Phi) is 8.08. The van der Waals surface area contributed by atoms with Crippen molar-refractivity contribution in [3.05, 3.63) is 94.6 Å². The molecule has 4 amide bonds. The molecule has 1 fully saturated rings. The number of furan rings is 1. The number of hydrogen-bond acceptors (Lipinski definition) is 9. The van der Waals surface area contributed by atoms with Crippen LogP contribution in [0.1, 0.15) is 28.0 Å². The third-order valence-electron chi connectivity index (χ3n) is 8.69. The van der Waals surface area contributed by atoms with Crippen molar-refractivity contribution in [3.8, 4) is 23.2 Å². The smallest absolute Gasteiger partial charge is 0.328 e. The summed E-state index contributed by atoms with van der Waals surface area (Å²) in [4.78, 5) is 66.0. The lowest BCUT2D eigenvalue weighted by Crippen LogP contribution is -2.49. The maximum absolute atomic E-state index is 12.9. The molecule has 50 heavy (non-hydrogen) atoms. The van der Waals surface area contributed by atoms with Crippen LogP contribution >= 0.6 is 0 Å². The SMILES string of the molecule is Cc1cc(-c2ncc(N(C)c3ccc4c(c3)n(C)c(=O)n4C)cn2)cnc1C(=O)NCC#Cc1ccc2occ(N3CCC(=O)NC3=O)c2c1. The number of rotatable bonds is 6. The van der Waals surface area contributed by atoms with E-state index in [1.54, 1.807) is 66.9 Å². The average molecular weight is 670 g/mol. The zero-order valence-corrected chi connectivity index (χ0v) is 27.6. The van der Waals surface area contributed by atoms with Gasteiger partial charge in [-0.3, -0.25) is 33.9 Å². The number of carbonyl (C=O) groups is 3. The van der Waals surface area contributed by atoms with Gasteiger partial charge >= 0.3 is 11.7 Å². The van der Waals surface area contributed by atoms with E-state index in [2.05, 4.69) is 37.4 Å². The van der Waals surface area contributed by atoms with Crippen molar-refractivity contribution in [2.45, 2.75) is 13.3 Å². The van der Waals surface area contributed by atoms with Gasteiger partial charge in [0.1, 0.15) is 17.5 Å². The highest BCUT2D eigenvalue weighted by atomic mass is 16.3. The van der Waals surface area contributed by atoms with Gasteiger partial charge in [0.15, 0.2) is 5.82 Å². The van der Waals surface area contributed by atoms with E-state index in [1.807, 2.05) is 36.2 Å². The Morgan fingerprint density at radius 1 is 0.980 bits per heavy atom. The van der Waals surface area contributed by atoms with Gasteiger partial charge in [-0.15, -0.1) is 0 Å². The van der Waals surface area contributed by atoms with Crippen LogP contribution in [0.4, 0.5) is 21.9 Å². The summed E-state index contributed by atoms with van der Waals surface area (Å²) in [6, 6.07) is 12.5. The van der Waals surface area contributed by atoms with Crippen molar-refractivity contribution < 1.29 is 18.8 Å². The molecule has 0 bridgehead atoms. The quantitative estimate of drug-likeness (QED) is 0.252. The molecule has 2 N–H and O–H groups in total. The van der Waals surface area contributed by atoms with Gasteiger partial charge in [0, 0.05) is 62.5 Å². The normalized spacial score (nSPS) is 12.9. The highest BCUT2D eigenvalue weighted by molar-refractivity contribution is 6.09. The minimum Gasteiger partial charge on any atom is -0.462 e. The molecule has 0 spiro atoms. The standard InChI is InChI=1S/C36H31N9O5/c1-21-14-23(33-39-18-25(19-40-33)42(2)24-8-9-27-28(16-24)44(4)36(49)43(27)3)17-38-32(21)34(47)37-12-5-6-22-7-10-30-26(15-22)29(20-50-30)45-13-11-31(46)41-35(45)48/h7-10,14-20H,11-13H2,1-4H3,(H,37,47)(H,41,46,48). The van der Waals surface area contributed by atoms with Crippen molar-refractivity contribution in [1.82, 2.24) is 34.7 Å².